The molecule has 2 aliphatic rings. The normalized spacial score (nSPS) is 36.8. The molecular weight excluding hydrogens is 222 g/mol. The monoisotopic (exact) mass is 245 g/mol. The van der Waals surface area contributed by atoms with Gasteiger partial charge in [-0.15, -0.1) is 0 Å². The Labute approximate surface area is 109 Å². The molecule has 98 valence electrons. The molecule has 3 unspecified atom stereocenters. The lowest BCUT2D eigenvalue weighted by atomic mass is 9.68. The minimum atomic E-state index is 0.357. The Morgan fingerprint density at radius 3 is 2.67 bits per heavy atom. The first-order valence-corrected chi connectivity index (χ1v) is 6.90. The topological polar surface area (TPSA) is 50.9 Å². The van der Waals surface area contributed by atoms with E-state index < -0.39 is 0 Å². The fraction of sp³-hybridized carbons (Fsp3) is 0.667. The minimum absolute atomic E-state index is 0.357. The molecule has 2 bridgehead atoms. The zero-order valence-corrected chi connectivity index (χ0v) is 11.5. The second-order valence-corrected chi connectivity index (χ2v) is 6.97. The van der Waals surface area contributed by atoms with E-state index in [9.17, 15) is 0 Å². The van der Waals surface area contributed by atoms with Crippen LogP contribution in [-0.2, 0) is 0 Å². The van der Waals surface area contributed by atoms with Crippen molar-refractivity contribution in [3.8, 4) is 0 Å². The van der Waals surface area contributed by atoms with Gasteiger partial charge >= 0.3 is 0 Å². The molecule has 2 saturated carbocycles. The molecule has 2 aliphatic carbocycles. The number of hydrogen-bond acceptors (Lipinski definition) is 3. The molecule has 0 aliphatic heterocycles. The molecule has 0 radical (unpaired) electrons. The number of rotatable bonds is 2. The largest absolute Gasteiger partial charge is 0.397 e. The second-order valence-electron chi connectivity index (χ2n) is 6.97. The van der Waals surface area contributed by atoms with Gasteiger partial charge in [0, 0.05) is 6.04 Å². The van der Waals surface area contributed by atoms with Crippen molar-refractivity contribution in [1.82, 2.24) is 4.98 Å². The molecule has 0 saturated heterocycles. The lowest BCUT2D eigenvalue weighted by Gasteiger charge is -2.43. The number of anilines is 2. The Hall–Kier alpha value is -1.25. The molecule has 1 heterocycles. The number of nitrogens with two attached hydrogens (primary N) is 1. The summed E-state index contributed by atoms with van der Waals surface area (Å²) in [6.07, 6.45) is 5.81. The van der Waals surface area contributed by atoms with Crippen molar-refractivity contribution in [2.24, 2.45) is 16.7 Å². The fourth-order valence-corrected chi connectivity index (χ4v) is 4.30. The summed E-state index contributed by atoms with van der Waals surface area (Å²) in [5, 5.41) is 3.66. The van der Waals surface area contributed by atoms with Crippen molar-refractivity contribution < 1.29 is 0 Å². The zero-order chi connectivity index (χ0) is 13.0. The highest BCUT2D eigenvalue weighted by Crippen LogP contribution is 2.62. The average molecular weight is 245 g/mol. The maximum absolute atomic E-state index is 5.68. The van der Waals surface area contributed by atoms with Crippen molar-refractivity contribution in [3.63, 3.8) is 0 Å². The van der Waals surface area contributed by atoms with Crippen LogP contribution in [0.5, 0.6) is 0 Å². The van der Waals surface area contributed by atoms with E-state index >= 15 is 0 Å². The van der Waals surface area contributed by atoms with Gasteiger partial charge in [-0.1, -0.05) is 20.8 Å². The van der Waals surface area contributed by atoms with Gasteiger partial charge in [0.05, 0.1) is 11.9 Å². The third kappa shape index (κ3) is 1.60. The van der Waals surface area contributed by atoms with E-state index in [1.54, 1.807) is 6.20 Å². The molecule has 18 heavy (non-hydrogen) atoms. The summed E-state index contributed by atoms with van der Waals surface area (Å²) in [6, 6.07) is 4.42. The Bertz CT molecular complexity index is 447. The Morgan fingerprint density at radius 1 is 1.33 bits per heavy atom. The number of aromatic nitrogens is 1. The Balaban J connectivity index is 1.86. The Morgan fingerprint density at radius 2 is 2.11 bits per heavy atom. The van der Waals surface area contributed by atoms with Gasteiger partial charge in [0.15, 0.2) is 0 Å². The van der Waals surface area contributed by atoms with E-state index in [1.807, 2.05) is 12.1 Å². The van der Waals surface area contributed by atoms with Crippen LogP contribution in [0, 0.1) is 16.7 Å². The zero-order valence-electron chi connectivity index (χ0n) is 11.5. The summed E-state index contributed by atoms with van der Waals surface area (Å²) >= 11 is 0. The van der Waals surface area contributed by atoms with Crippen LogP contribution in [0.2, 0.25) is 0 Å². The van der Waals surface area contributed by atoms with Gasteiger partial charge in [0.1, 0.15) is 5.82 Å². The molecular formula is C15H23N3. The van der Waals surface area contributed by atoms with E-state index in [4.69, 9.17) is 5.73 Å². The standard InChI is InChI=1S/C15H23N3/c1-14(2)10-6-7-15(3,8-10)13(14)18-12-5-4-11(16)9-17-12/h4-5,9-10,13H,6-8,16H2,1-3H3,(H,17,18). The van der Waals surface area contributed by atoms with Crippen LogP contribution in [0.15, 0.2) is 18.3 Å². The number of fused-ring (bicyclic) bond motifs is 2. The molecule has 3 N–H and O–H groups in total. The van der Waals surface area contributed by atoms with Gasteiger partial charge in [-0.3, -0.25) is 0 Å². The minimum Gasteiger partial charge on any atom is -0.397 e. The third-order valence-electron chi connectivity index (χ3n) is 5.35. The number of nitrogen functional groups attached to an aromatic ring is 1. The lowest BCUT2D eigenvalue weighted by molar-refractivity contribution is 0.155. The van der Waals surface area contributed by atoms with Crippen LogP contribution in [0.25, 0.3) is 0 Å². The van der Waals surface area contributed by atoms with Gasteiger partial charge in [0.2, 0.25) is 0 Å². The first-order chi connectivity index (χ1) is 8.42. The van der Waals surface area contributed by atoms with Crippen LogP contribution >= 0.6 is 0 Å². The first kappa shape index (κ1) is 11.8. The number of pyridine rings is 1. The predicted octanol–water partition coefficient (Wildman–Crippen LogP) is 3.29. The van der Waals surface area contributed by atoms with E-state index in [0.29, 0.717) is 16.9 Å². The molecule has 1 aromatic heterocycles. The highest BCUT2D eigenvalue weighted by molar-refractivity contribution is 5.45. The van der Waals surface area contributed by atoms with E-state index in [1.165, 1.54) is 19.3 Å². The van der Waals surface area contributed by atoms with Crippen molar-refractivity contribution >= 4 is 11.5 Å². The quantitative estimate of drug-likeness (QED) is 0.840. The predicted molar refractivity (Wildman–Crippen MR) is 75.3 cm³/mol. The first-order valence-electron chi connectivity index (χ1n) is 6.90. The molecule has 0 amide bonds. The summed E-state index contributed by atoms with van der Waals surface area (Å²) in [6.45, 7) is 7.23. The van der Waals surface area contributed by atoms with Gasteiger partial charge in [-0.2, -0.15) is 0 Å². The van der Waals surface area contributed by atoms with Gasteiger partial charge in [0.25, 0.3) is 0 Å². The van der Waals surface area contributed by atoms with Crippen molar-refractivity contribution in [2.45, 2.75) is 46.1 Å². The smallest absolute Gasteiger partial charge is 0.126 e. The summed E-state index contributed by atoms with van der Waals surface area (Å²) < 4.78 is 0. The van der Waals surface area contributed by atoms with Crippen molar-refractivity contribution in [1.29, 1.82) is 0 Å². The maximum Gasteiger partial charge on any atom is 0.126 e. The molecule has 0 spiro atoms. The summed E-state index contributed by atoms with van der Waals surface area (Å²) in [4.78, 5) is 4.39. The summed E-state index contributed by atoms with van der Waals surface area (Å²) in [7, 11) is 0. The SMILES string of the molecule is CC12CCC(C1)C(C)(C)C2Nc1ccc(N)cn1. The maximum atomic E-state index is 5.68. The van der Waals surface area contributed by atoms with Gasteiger partial charge in [-0.05, 0) is 48.1 Å². The van der Waals surface area contributed by atoms with E-state index in [2.05, 4.69) is 31.1 Å². The van der Waals surface area contributed by atoms with Crippen molar-refractivity contribution in [2.75, 3.05) is 11.1 Å². The van der Waals surface area contributed by atoms with Crippen LogP contribution in [-0.4, -0.2) is 11.0 Å². The Kier molecular flexibility index (Phi) is 2.38. The van der Waals surface area contributed by atoms with E-state index in [-0.39, 0.29) is 0 Å². The number of nitrogens with one attached hydrogen (secondary N) is 1. The molecule has 3 nitrogen and oxygen atoms in total. The highest BCUT2D eigenvalue weighted by Gasteiger charge is 2.59. The second kappa shape index (κ2) is 3.62. The summed E-state index contributed by atoms with van der Waals surface area (Å²) in [5.74, 6) is 1.81. The molecule has 3 atom stereocenters. The van der Waals surface area contributed by atoms with Crippen LogP contribution in [0.1, 0.15) is 40.0 Å². The van der Waals surface area contributed by atoms with Gasteiger partial charge in [-0.25, -0.2) is 4.98 Å². The fourth-order valence-electron chi connectivity index (χ4n) is 4.30. The van der Waals surface area contributed by atoms with Crippen molar-refractivity contribution in [3.05, 3.63) is 18.3 Å². The molecule has 0 aromatic carbocycles. The molecule has 3 rings (SSSR count). The summed E-state index contributed by atoms with van der Waals surface area (Å²) in [5.41, 5.74) is 7.19. The molecule has 2 fully saturated rings. The molecule has 3 heteroatoms. The number of nitrogens with zero attached hydrogens (tertiary/aromatic N) is 1. The third-order valence-corrected chi connectivity index (χ3v) is 5.35. The lowest BCUT2D eigenvalue weighted by Crippen LogP contribution is -2.45. The van der Waals surface area contributed by atoms with Crippen LogP contribution < -0.4 is 11.1 Å². The highest BCUT2D eigenvalue weighted by atomic mass is 15.1. The molecule has 1 aromatic rings. The van der Waals surface area contributed by atoms with Gasteiger partial charge < -0.3 is 11.1 Å². The van der Waals surface area contributed by atoms with Crippen LogP contribution in [0.3, 0.4) is 0 Å². The number of hydrogen-bond donors (Lipinski definition) is 2. The van der Waals surface area contributed by atoms with E-state index in [0.717, 1.165) is 17.4 Å². The average Bonchev–Trinajstić information content (AvgIpc) is 2.78. The van der Waals surface area contributed by atoms with Crippen LogP contribution in [0.4, 0.5) is 11.5 Å².